The van der Waals surface area contributed by atoms with Crippen molar-refractivity contribution in [2.45, 2.75) is 18.9 Å². The second-order valence-electron chi connectivity index (χ2n) is 4.82. The molecule has 0 saturated heterocycles. The number of hydrogen-bond donors (Lipinski definition) is 1. The number of fused-ring (bicyclic) bond motifs is 1. The first-order chi connectivity index (χ1) is 9.54. The van der Waals surface area contributed by atoms with Crippen molar-refractivity contribution in [2.75, 3.05) is 5.32 Å². The van der Waals surface area contributed by atoms with Crippen LogP contribution in [0.1, 0.15) is 23.6 Å². The molecule has 0 amide bonds. The minimum Gasteiger partial charge on any atom is -0.376 e. The molecule has 3 rings (SSSR count). The van der Waals surface area contributed by atoms with Crippen LogP contribution in [0.25, 0.3) is 0 Å². The van der Waals surface area contributed by atoms with E-state index in [0.717, 1.165) is 24.0 Å². The quantitative estimate of drug-likeness (QED) is 0.724. The van der Waals surface area contributed by atoms with Crippen LogP contribution >= 0.6 is 34.8 Å². The van der Waals surface area contributed by atoms with Gasteiger partial charge < -0.3 is 5.32 Å². The van der Waals surface area contributed by atoms with Crippen LogP contribution in [0.4, 0.5) is 10.1 Å². The van der Waals surface area contributed by atoms with Crippen LogP contribution < -0.4 is 5.32 Å². The van der Waals surface area contributed by atoms with Gasteiger partial charge in [-0.1, -0.05) is 40.9 Å². The first-order valence-electron chi connectivity index (χ1n) is 6.24. The van der Waals surface area contributed by atoms with Crippen LogP contribution in [0.3, 0.4) is 0 Å². The van der Waals surface area contributed by atoms with Crippen LogP contribution in [-0.2, 0) is 6.42 Å². The summed E-state index contributed by atoms with van der Waals surface area (Å²) in [5.74, 6) is -0.202. The molecule has 5 heteroatoms. The summed E-state index contributed by atoms with van der Waals surface area (Å²) >= 11 is 18.2. The first-order valence-corrected chi connectivity index (χ1v) is 7.37. The predicted octanol–water partition coefficient (Wildman–Crippen LogP) is 5.89. The summed E-state index contributed by atoms with van der Waals surface area (Å²) in [6, 6.07) is 8.26. The number of benzene rings is 2. The van der Waals surface area contributed by atoms with Gasteiger partial charge in [-0.3, -0.25) is 0 Å². The first kappa shape index (κ1) is 14.0. The van der Waals surface area contributed by atoms with E-state index in [9.17, 15) is 4.39 Å². The summed E-state index contributed by atoms with van der Waals surface area (Å²) < 4.78 is 13.2. The van der Waals surface area contributed by atoms with Crippen molar-refractivity contribution in [3.8, 4) is 0 Å². The Morgan fingerprint density at radius 1 is 1.05 bits per heavy atom. The normalized spacial score (nSPS) is 17.1. The summed E-state index contributed by atoms with van der Waals surface area (Å²) in [5.41, 5.74) is 2.79. The molecule has 0 saturated carbocycles. The van der Waals surface area contributed by atoms with Crippen molar-refractivity contribution in [3.05, 3.63) is 62.3 Å². The fourth-order valence-electron chi connectivity index (χ4n) is 2.59. The molecule has 0 aliphatic heterocycles. The van der Waals surface area contributed by atoms with E-state index in [1.807, 2.05) is 6.07 Å². The van der Waals surface area contributed by atoms with Gasteiger partial charge in [0.05, 0.1) is 21.8 Å². The van der Waals surface area contributed by atoms with Gasteiger partial charge in [-0.2, -0.15) is 0 Å². The molecule has 2 aromatic carbocycles. The maximum Gasteiger partial charge on any atom is 0.123 e. The molecule has 1 aliphatic carbocycles. The van der Waals surface area contributed by atoms with Gasteiger partial charge in [-0.15, -0.1) is 0 Å². The molecular weight excluding hydrogens is 320 g/mol. The third-order valence-corrected chi connectivity index (χ3v) is 4.32. The van der Waals surface area contributed by atoms with Gasteiger partial charge in [-0.05, 0) is 48.2 Å². The Balaban J connectivity index is 1.91. The molecular formula is C15H11Cl3FN. The van der Waals surface area contributed by atoms with E-state index in [1.54, 1.807) is 18.2 Å². The fraction of sp³-hybridized carbons (Fsp3) is 0.200. The molecule has 0 bridgehead atoms. The zero-order valence-electron chi connectivity index (χ0n) is 10.4. The maximum atomic E-state index is 13.2. The third-order valence-electron chi connectivity index (χ3n) is 3.51. The van der Waals surface area contributed by atoms with Gasteiger partial charge in [0.2, 0.25) is 0 Å². The maximum absolute atomic E-state index is 13.2. The van der Waals surface area contributed by atoms with Crippen molar-refractivity contribution in [3.63, 3.8) is 0 Å². The van der Waals surface area contributed by atoms with E-state index in [0.29, 0.717) is 20.8 Å². The molecule has 1 unspecified atom stereocenters. The second kappa shape index (κ2) is 5.44. The van der Waals surface area contributed by atoms with Crippen LogP contribution in [0, 0.1) is 5.82 Å². The molecule has 0 heterocycles. The Labute approximate surface area is 131 Å². The van der Waals surface area contributed by atoms with E-state index < -0.39 is 0 Å². The summed E-state index contributed by atoms with van der Waals surface area (Å²) in [7, 11) is 0. The Bertz CT molecular complexity index is 649. The van der Waals surface area contributed by atoms with Gasteiger partial charge in [0.15, 0.2) is 0 Å². The Hall–Kier alpha value is -0.960. The van der Waals surface area contributed by atoms with E-state index in [4.69, 9.17) is 34.8 Å². The van der Waals surface area contributed by atoms with Crippen LogP contribution in [0.2, 0.25) is 15.1 Å². The van der Waals surface area contributed by atoms with Crippen molar-refractivity contribution in [2.24, 2.45) is 0 Å². The van der Waals surface area contributed by atoms with Crippen molar-refractivity contribution < 1.29 is 4.39 Å². The number of hydrogen-bond acceptors (Lipinski definition) is 1. The Kier molecular flexibility index (Phi) is 3.80. The zero-order chi connectivity index (χ0) is 14.3. The lowest BCUT2D eigenvalue weighted by Gasteiger charge is -2.18. The van der Waals surface area contributed by atoms with E-state index >= 15 is 0 Å². The molecule has 0 fully saturated rings. The highest BCUT2D eigenvalue weighted by molar-refractivity contribution is 6.41. The fourth-order valence-corrected chi connectivity index (χ4v) is 3.52. The molecule has 0 radical (unpaired) electrons. The molecule has 0 spiro atoms. The monoisotopic (exact) mass is 329 g/mol. The molecule has 20 heavy (non-hydrogen) atoms. The number of rotatable bonds is 2. The van der Waals surface area contributed by atoms with Gasteiger partial charge in [0.25, 0.3) is 0 Å². The summed E-state index contributed by atoms with van der Waals surface area (Å²) in [5, 5.41) is 4.80. The average molecular weight is 331 g/mol. The number of anilines is 1. The van der Waals surface area contributed by atoms with Crippen molar-refractivity contribution >= 4 is 40.5 Å². The smallest absolute Gasteiger partial charge is 0.123 e. The van der Waals surface area contributed by atoms with Gasteiger partial charge in [-0.25, -0.2) is 4.39 Å². The summed E-state index contributed by atoms with van der Waals surface area (Å²) in [6.07, 6.45) is 1.72. The molecule has 1 nitrogen and oxygen atoms in total. The van der Waals surface area contributed by atoms with E-state index in [-0.39, 0.29) is 11.9 Å². The minimum atomic E-state index is -0.202. The second-order valence-corrected chi connectivity index (χ2v) is 6.07. The van der Waals surface area contributed by atoms with Crippen molar-refractivity contribution in [1.82, 2.24) is 0 Å². The molecule has 1 atom stereocenters. The lowest BCUT2D eigenvalue weighted by Crippen LogP contribution is -2.08. The zero-order valence-corrected chi connectivity index (χ0v) is 12.7. The highest BCUT2D eigenvalue weighted by Gasteiger charge is 2.24. The average Bonchev–Trinajstić information content (AvgIpc) is 2.76. The third kappa shape index (κ3) is 2.60. The lowest BCUT2D eigenvalue weighted by atomic mass is 10.1. The van der Waals surface area contributed by atoms with Crippen LogP contribution in [0.15, 0.2) is 30.3 Å². The molecule has 1 aliphatic rings. The Morgan fingerprint density at radius 3 is 2.45 bits per heavy atom. The predicted molar refractivity (Wildman–Crippen MR) is 82.6 cm³/mol. The van der Waals surface area contributed by atoms with Gasteiger partial charge >= 0.3 is 0 Å². The highest BCUT2D eigenvalue weighted by Crippen LogP contribution is 2.40. The molecule has 0 aromatic heterocycles. The Morgan fingerprint density at radius 2 is 1.75 bits per heavy atom. The summed E-state index contributed by atoms with van der Waals surface area (Å²) in [6.45, 7) is 0. The van der Waals surface area contributed by atoms with Gasteiger partial charge in [0.1, 0.15) is 5.82 Å². The number of halogens is 4. The SMILES string of the molecule is Fc1ccc2c(c1)CCC2Nc1c(Cl)cc(Cl)cc1Cl. The van der Waals surface area contributed by atoms with Crippen LogP contribution in [0.5, 0.6) is 0 Å². The highest BCUT2D eigenvalue weighted by atomic mass is 35.5. The standard InChI is InChI=1S/C15H11Cl3FN/c16-9-6-12(17)15(13(18)7-9)20-14-4-1-8-5-10(19)2-3-11(8)14/h2-3,5-7,14,20H,1,4H2. The molecule has 1 N–H and O–H groups in total. The largest absolute Gasteiger partial charge is 0.376 e. The summed E-state index contributed by atoms with van der Waals surface area (Å²) in [4.78, 5) is 0. The van der Waals surface area contributed by atoms with Crippen molar-refractivity contribution in [1.29, 1.82) is 0 Å². The van der Waals surface area contributed by atoms with Gasteiger partial charge in [0, 0.05) is 5.02 Å². The number of aryl methyl sites for hydroxylation is 1. The molecule has 2 aromatic rings. The number of nitrogens with one attached hydrogen (secondary N) is 1. The molecule has 104 valence electrons. The topological polar surface area (TPSA) is 12.0 Å². The van der Waals surface area contributed by atoms with Crippen LogP contribution in [-0.4, -0.2) is 0 Å². The minimum absolute atomic E-state index is 0.0850. The lowest BCUT2D eigenvalue weighted by molar-refractivity contribution is 0.626. The van der Waals surface area contributed by atoms with E-state index in [2.05, 4.69) is 5.32 Å². The van der Waals surface area contributed by atoms with E-state index in [1.165, 1.54) is 6.07 Å².